The number of hydrogen-bond donors (Lipinski definition) is 3. The van der Waals surface area contributed by atoms with Crippen molar-refractivity contribution in [2.45, 2.75) is 32.2 Å². The summed E-state index contributed by atoms with van der Waals surface area (Å²) in [6, 6.07) is 3.20. The van der Waals surface area contributed by atoms with E-state index >= 15 is 0 Å². The fourth-order valence-corrected chi connectivity index (χ4v) is 1.69. The SMILES string of the molecule is CCCC(N)CC(=O)Nc1ccc(C(=O)O)c(F)c1. The number of aromatic carboxylic acids is 1. The highest BCUT2D eigenvalue weighted by Gasteiger charge is 2.13. The Morgan fingerprint density at radius 3 is 2.68 bits per heavy atom. The standard InChI is InChI=1S/C13H17FN2O3/c1-2-3-8(15)6-12(17)16-9-4-5-10(13(18)19)11(14)7-9/h4-5,7-8H,2-3,6,15H2,1H3,(H,16,17)(H,18,19). The van der Waals surface area contributed by atoms with E-state index in [4.69, 9.17) is 10.8 Å². The van der Waals surface area contributed by atoms with Gasteiger partial charge >= 0.3 is 5.97 Å². The molecule has 0 fully saturated rings. The molecular weight excluding hydrogens is 251 g/mol. The van der Waals surface area contributed by atoms with Crippen LogP contribution in [0.3, 0.4) is 0 Å². The molecule has 1 aromatic rings. The molecule has 0 aromatic heterocycles. The van der Waals surface area contributed by atoms with Gasteiger partial charge in [0.15, 0.2) is 0 Å². The molecule has 19 heavy (non-hydrogen) atoms. The number of anilines is 1. The average Bonchev–Trinajstić information content (AvgIpc) is 2.28. The number of nitrogens with two attached hydrogens (primary N) is 1. The maximum atomic E-state index is 13.4. The molecule has 6 heteroatoms. The number of carboxylic acid groups (broad SMARTS) is 1. The smallest absolute Gasteiger partial charge is 0.338 e. The summed E-state index contributed by atoms with van der Waals surface area (Å²) in [5.41, 5.74) is 5.51. The van der Waals surface area contributed by atoms with Gasteiger partial charge in [-0.15, -0.1) is 0 Å². The Morgan fingerprint density at radius 2 is 2.16 bits per heavy atom. The van der Waals surface area contributed by atoms with Crippen molar-refractivity contribution < 1.29 is 19.1 Å². The average molecular weight is 268 g/mol. The maximum absolute atomic E-state index is 13.4. The van der Waals surface area contributed by atoms with Crippen LogP contribution in [0.5, 0.6) is 0 Å². The van der Waals surface area contributed by atoms with E-state index in [9.17, 15) is 14.0 Å². The number of halogens is 1. The number of carboxylic acids is 1. The van der Waals surface area contributed by atoms with Gasteiger partial charge in [0.05, 0.1) is 5.56 Å². The van der Waals surface area contributed by atoms with Crippen LogP contribution < -0.4 is 11.1 Å². The molecule has 0 heterocycles. The summed E-state index contributed by atoms with van der Waals surface area (Å²) in [6.45, 7) is 1.97. The maximum Gasteiger partial charge on any atom is 0.338 e. The molecule has 1 amide bonds. The van der Waals surface area contributed by atoms with Gasteiger partial charge in [0, 0.05) is 18.2 Å². The van der Waals surface area contributed by atoms with E-state index in [-0.39, 0.29) is 24.1 Å². The molecule has 0 radical (unpaired) electrons. The minimum absolute atomic E-state index is 0.149. The Bertz CT molecular complexity index is 477. The second kappa shape index (κ2) is 6.84. The summed E-state index contributed by atoms with van der Waals surface area (Å²) < 4.78 is 13.4. The summed E-state index contributed by atoms with van der Waals surface area (Å²) in [5, 5.41) is 11.2. The summed E-state index contributed by atoms with van der Waals surface area (Å²) >= 11 is 0. The van der Waals surface area contributed by atoms with Crippen LogP contribution in [0.1, 0.15) is 36.5 Å². The molecule has 0 aliphatic rings. The van der Waals surface area contributed by atoms with Crippen LogP contribution in [0, 0.1) is 5.82 Å². The van der Waals surface area contributed by atoms with Crippen molar-refractivity contribution in [3.8, 4) is 0 Å². The van der Waals surface area contributed by atoms with Gasteiger partial charge in [-0.3, -0.25) is 4.79 Å². The van der Waals surface area contributed by atoms with E-state index in [1.807, 2.05) is 6.92 Å². The topological polar surface area (TPSA) is 92.4 Å². The quantitative estimate of drug-likeness (QED) is 0.735. The Labute approximate surface area is 110 Å². The number of nitrogens with one attached hydrogen (secondary N) is 1. The Kier molecular flexibility index (Phi) is 5.44. The van der Waals surface area contributed by atoms with Gasteiger partial charge in [-0.05, 0) is 24.6 Å². The molecule has 4 N–H and O–H groups in total. The van der Waals surface area contributed by atoms with Crippen LogP contribution in [0.4, 0.5) is 10.1 Å². The van der Waals surface area contributed by atoms with Crippen molar-refractivity contribution >= 4 is 17.6 Å². The van der Waals surface area contributed by atoms with Gasteiger partial charge in [-0.2, -0.15) is 0 Å². The Balaban J connectivity index is 2.65. The highest BCUT2D eigenvalue weighted by molar-refractivity contribution is 5.92. The first-order chi connectivity index (χ1) is 8.93. The van der Waals surface area contributed by atoms with Crippen molar-refractivity contribution in [3.05, 3.63) is 29.6 Å². The van der Waals surface area contributed by atoms with Gasteiger partial charge < -0.3 is 16.2 Å². The largest absolute Gasteiger partial charge is 0.478 e. The first kappa shape index (κ1) is 15.1. The lowest BCUT2D eigenvalue weighted by Crippen LogP contribution is -2.26. The van der Waals surface area contributed by atoms with Crippen LogP contribution in [-0.4, -0.2) is 23.0 Å². The summed E-state index contributed by atoms with van der Waals surface area (Å²) in [5.74, 6) is -2.55. The molecule has 0 spiro atoms. The van der Waals surface area contributed by atoms with Crippen molar-refractivity contribution in [1.82, 2.24) is 0 Å². The second-order valence-corrected chi connectivity index (χ2v) is 4.30. The van der Waals surface area contributed by atoms with E-state index in [2.05, 4.69) is 5.32 Å². The molecule has 0 saturated carbocycles. The molecule has 5 nitrogen and oxygen atoms in total. The zero-order chi connectivity index (χ0) is 14.4. The minimum atomic E-state index is -1.35. The van der Waals surface area contributed by atoms with E-state index in [0.29, 0.717) is 0 Å². The normalized spacial score (nSPS) is 11.9. The third-order valence-electron chi connectivity index (χ3n) is 2.59. The molecule has 0 aliphatic heterocycles. The van der Waals surface area contributed by atoms with Crippen molar-refractivity contribution in [3.63, 3.8) is 0 Å². The number of carbonyl (C=O) groups is 2. The number of benzene rings is 1. The lowest BCUT2D eigenvalue weighted by molar-refractivity contribution is -0.116. The number of hydrogen-bond acceptors (Lipinski definition) is 3. The third kappa shape index (κ3) is 4.67. The predicted molar refractivity (Wildman–Crippen MR) is 69.5 cm³/mol. The molecule has 1 aromatic carbocycles. The molecule has 0 bridgehead atoms. The number of rotatable bonds is 6. The van der Waals surface area contributed by atoms with Gasteiger partial charge in [0.25, 0.3) is 0 Å². The van der Waals surface area contributed by atoms with E-state index in [1.165, 1.54) is 6.07 Å². The van der Waals surface area contributed by atoms with Crippen LogP contribution in [0.15, 0.2) is 18.2 Å². The zero-order valence-corrected chi connectivity index (χ0v) is 10.6. The fraction of sp³-hybridized carbons (Fsp3) is 0.385. The molecule has 0 saturated heterocycles. The first-order valence-corrected chi connectivity index (χ1v) is 6.02. The highest BCUT2D eigenvalue weighted by Crippen LogP contribution is 2.15. The first-order valence-electron chi connectivity index (χ1n) is 6.02. The minimum Gasteiger partial charge on any atom is -0.478 e. The molecular formula is C13H17FN2O3. The molecule has 1 unspecified atom stereocenters. The zero-order valence-electron chi connectivity index (χ0n) is 10.6. The van der Waals surface area contributed by atoms with Crippen LogP contribution >= 0.6 is 0 Å². The summed E-state index contributed by atoms with van der Waals surface area (Å²) in [7, 11) is 0. The van der Waals surface area contributed by atoms with Crippen molar-refractivity contribution in [2.75, 3.05) is 5.32 Å². The Morgan fingerprint density at radius 1 is 1.47 bits per heavy atom. The van der Waals surface area contributed by atoms with Crippen LogP contribution in [0.25, 0.3) is 0 Å². The van der Waals surface area contributed by atoms with Gasteiger partial charge in [-0.1, -0.05) is 13.3 Å². The monoisotopic (exact) mass is 268 g/mol. The lowest BCUT2D eigenvalue weighted by atomic mass is 10.1. The predicted octanol–water partition coefficient (Wildman–Crippen LogP) is 1.98. The fourth-order valence-electron chi connectivity index (χ4n) is 1.69. The van der Waals surface area contributed by atoms with E-state index in [1.54, 1.807) is 0 Å². The van der Waals surface area contributed by atoms with Crippen LogP contribution in [0.2, 0.25) is 0 Å². The van der Waals surface area contributed by atoms with Gasteiger partial charge in [0.1, 0.15) is 5.82 Å². The van der Waals surface area contributed by atoms with Crippen LogP contribution in [-0.2, 0) is 4.79 Å². The summed E-state index contributed by atoms with van der Waals surface area (Å²) in [6.07, 6.45) is 1.77. The van der Waals surface area contributed by atoms with Crippen molar-refractivity contribution in [1.29, 1.82) is 0 Å². The summed E-state index contributed by atoms with van der Waals surface area (Å²) in [4.78, 5) is 22.2. The van der Waals surface area contributed by atoms with E-state index in [0.717, 1.165) is 25.0 Å². The number of carbonyl (C=O) groups excluding carboxylic acids is 1. The third-order valence-corrected chi connectivity index (χ3v) is 2.59. The Hall–Kier alpha value is -1.95. The molecule has 1 rings (SSSR count). The van der Waals surface area contributed by atoms with Gasteiger partial charge in [0.2, 0.25) is 5.91 Å². The molecule has 104 valence electrons. The molecule has 1 atom stereocenters. The highest BCUT2D eigenvalue weighted by atomic mass is 19.1. The van der Waals surface area contributed by atoms with Gasteiger partial charge in [-0.25, -0.2) is 9.18 Å². The second-order valence-electron chi connectivity index (χ2n) is 4.30. The number of amides is 1. The van der Waals surface area contributed by atoms with E-state index < -0.39 is 17.3 Å². The van der Waals surface area contributed by atoms with Crippen molar-refractivity contribution in [2.24, 2.45) is 5.73 Å². The molecule has 0 aliphatic carbocycles. The lowest BCUT2D eigenvalue weighted by Gasteiger charge is -2.11.